The molecule has 9 heteroatoms. The Bertz CT molecular complexity index is 991. The van der Waals surface area contributed by atoms with Gasteiger partial charge in [0, 0.05) is 28.7 Å². The van der Waals surface area contributed by atoms with Crippen molar-refractivity contribution in [2.24, 2.45) is 0 Å². The highest BCUT2D eigenvalue weighted by molar-refractivity contribution is 9.10. The van der Waals surface area contributed by atoms with Crippen LogP contribution in [0.5, 0.6) is 0 Å². The predicted molar refractivity (Wildman–Crippen MR) is 128 cm³/mol. The van der Waals surface area contributed by atoms with Crippen LogP contribution in [0.25, 0.3) is 0 Å². The minimum Gasteiger partial charge on any atom is -0.462 e. The highest BCUT2D eigenvalue weighted by atomic mass is 79.9. The summed E-state index contributed by atoms with van der Waals surface area (Å²) in [5, 5.41) is 5.43. The lowest BCUT2D eigenvalue weighted by molar-refractivity contribution is -0.147. The van der Waals surface area contributed by atoms with E-state index in [1.54, 1.807) is 37.3 Å². The summed E-state index contributed by atoms with van der Waals surface area (Å²) in [6.07, 6.45) is 1.15. The van der Waals surface area contributed by atoms with Gasteiger partial charge < -0.3 is 20.1 Å². The molecule has 0 aliphatic carbocycles. The molecule has 0 atom stereocenters. The zero-order valence-electron chi connectivity index (χ0n) is 18.6. The van der Waals surface area contributed by atoms with E-state index in [0.29, 0.717) is 16.9 Å². The van der Waals surface area contributed by atoms with E-state index in [1.165, 1.54) is 0 Å². The maximum atomic E-state index is 12.1. The van der Waals surface area contributed by atoms with Crippen molar-refractivity contribution in [2.45, 2.75) is 39.5 Å². The monoisotopic (exact) mass is 518 g/mol. The second-order valence-corrected chi connectivity index (χ2v) is 7.98. The van der Waals surface area contributed by atoms with Crippen LogP contribution in [0.4, 0.5) is 11.4 Å². The number of carbonyl (C=O) groups excluding carboxylic acids is 4. The van der Waals surface area contributed by atoms with Gasteiger partial charge in [0.05, 0.1) is 12.2 Å². The fourth-order valence-electron chi connectivity index (χ4n) is 2.90. The largest absolute Gasteiger partial charge is 0.462 e. The minimum absolute atomic E-state index is 0.0149. The van der Waals surface area contributed by atoms with Crippen LogP contribution in [0.3, 0.4) is 0 Å². The number of nitrogens with one attached hydrogen (secondary N) is 2. The Labute approximate surface area is 201 Å². The Kier molecular flexibility index (Phi) is 10.6. The molecule has 0 aliphatic rings. The van der Waals surface area contributed by atoms with Crippen LogP contribution in [0, 0.1) is 0 Å². The van der Waals surface area contributed by atoms with Gasteiger partial charge in [-0.3, -0.25) is 14.4 Å². The summed E-state index contributed by atoms with van der Waals surface area (Å²) in [5.41, 5.74) is 2.57. The average molecular weight is 519 g/mol. The molecule has 2 aromatic rings. The first-order valence-electron chi connectivity index (χ1n) is 10.6. The molecule has 176 valence electrons. The van der Waals surface area contributed by atoms with Gasteiger partial charge in [-0.15, -0.1) is 0 Å². The fraction of sp³-hybridized carbons (Fsp3) is 0.333. The Morgan fingerprint density at radius 3 is 2.27 bits per heavy atom. The fourth-order valence-corrected chi connectivity index (χ4v) is 3.31. The molecule has 0 spiro atoms. The Morgan fingerprint density at radius 1 is 0.879 bits per heavy atom. The summed E-state index contributed by atoms with van der Waals surface area (Å²) < 4.78 is 10.8. The van der Waals surface area contributed by atoms with Crippen LogP contribution < -0.4 is 10.6 Å². The highest BCUT2D eigenvalue weighted by Gasteiger charge is 2.12. The SMILES string of the molecule is CCOC(=O)c1ccc(NC(=O)CCCC(=O)OCC(=O)Nc2ccc(Br)cc2CC)cc1. The zero-order chi connectivity index (χ0) is 24.2. The molecule has 0 aliphatic heterocycles. The summed E-state index contributed by atoms with van der Waals surface area (Å²) in [4.78, 5) is 47.6. The number of halogens is 1. The number of rotatable bonds is 11. The zero-order valence-corrected chi connectivity index (χ0v) is 20.2. The van der Waals surface area contributed by atoms with Crippen molar-refractivity contribution in [2.75, 3.05) is 23.8 Å². The number of esters is 2. The van der Waals surface area contributed by atoms with Crippen LogP contribution in [-0.2, 0) is 30.3 Å². The van der Waals surface area contributed by atoms with Gasteiger partial charge in [-0.2, -0.15) is 0 Å². The lowest BCUT2D eigenvalue weighted by atomic mass is 10.1. The van der Waals surface area contributed by atoms with Gasteiger partial charge in [0.25, 0.3) is 5.91 Å². The number of hydrogen-bond donors (Lipinski definition) is 2. The van der Waals surface area contributed by atoms with Crippen LogP contribution in [0.1, 0.15) is 49.0 Å². The smallest absolute Gasteiger partial charge is 0.338 e. The number of ether oxygens (including phenoxy) is 2. The highest BCUT2D eigenvalue weighted by Crippen LogP contribution is 2.21. The lowest BCUT2D eigenvalue weighted by Crippen LogP contribution is -2.21. The number of anilines is 2. The van der Waals surface area contributed by atoms with E-state index in [-0.39, 0.29) is 31.8 Å². The van der Waals surface area contributed by atoms with Gasteiger partial charge in [-0.05, 0) is 67.8 Å². The Hall–Kier alpha value is -3.20. The van der Waals surface area contributed by atoms with E-state index in [2.05, 4.69) is 26.6 Å². The third-order valence-electron chi connectivity index (χ3n) is 4.55. The standard InChI is InChI=1S/C24H27BrN2O6/c1-3-16-14-18(25)10-13-20(16)27-22(29)15-33-23(30)7-5-6-21(28)26-19-11-8-17(9-12-19)24(31)32-4-2/h8-14H,3-7,15H2,1-2H3,(H,26,28)(H,27,29). The molecular weight excluding hydrogens is 492 g/mol. The van der Waals surface area contributed by atoms with Crippen molar-refractivity contribution in [3.05, 3.63) is 58.1 Å². The second-order valence-electron chi connectivity index (χ2n) is 7.06. The number of hydrogen-bond acceptors (Lipinski definition) is 6. The number of carbonyl (C=O) groups is 4. The molecule has 2 rings (SSSR count). The van der Waals surface area contributed by atoms with Gasteiger partial charge in [0.1, 0.15) is 0 Å². The summed E-state index contributed by atoms with van der Waals surface area (Å²) in [5.74, 6) is -1.68. The van der Waals surface area contributed by atoms with E-state index in [9.17, 15) is 19.2 Å². The van der Waals surface area contributed by atoms with E-state index in [1.807, 2.05) is 19.1 Å². The third-order valence-corrected chi connectivity index (χ3v) is 5.04. The lowest BCUT2D eigenvalue weighted by Gasteiger charge is -2.11. The number of amides is 2. The van der Waals surface area contributed by atoms with Gasteiger partial charge in [-0.1, -0.05) is 22.9 Å². The summed E-state index contributed by atoms with van der Waals surface area (Å²) >= 11 is 3.39. The first-order chi connectivity index (χ1) is 15.8. The van der Waals surface area contributed by atoms with Crippen LogP contribution in [0.15, 0.2) is 46.9 Å². The molecule has 2 amide bonds. The third kappa shape index (κ3) is 9.05. The first-order valence-corrected chi connectivity index (χ1v) is 11.4. The Balaban J connectivity index is 1.68. The van der Waals surface area contributed by atoms with E-state index in [4.69, 9.17) is 9.47 Å². The maximum absolute atomic E-state index is 12.1. The number of benzene rings is 2. The molecule has 2 N–H and O–H groups in total. The summed E-state index contributed by atoms with van der Waals surface area (Å²) in [7, 11) is 0. The molecule has 0 aromatic heterocycles. The van der Waals surface area contributed by atoms with Crippen molar-refractivity contribution >= 4 is 51.1 Å². The molecule has 8 nitrogen and oxygen atoms in total. The van der Waals surface area contributed by atoms with Gasteiger partial charge in [-0.25, -0.2) is 4.79 Å². The Morgan fingerprint density at radius 2 is 1.61 bits per heavy atom. The first kappa shape index (κ1) is 26.1. The van der Waals surface area contributed by atoms with E-state index < -0.39 is 24.5 Å². The van der Waals surface area contributed by atoms with Crippen molar-refractivity contribution in [1.29, 1.82) is 0 Å². The molecule has 0 heterocycles. The second kappa shape index (κ2) is 13.4. The normalized spacial score (nSPS) is 10.3. The summed E-state index contributed by atoms with van der Waals surface area (Å²) in [6, 6.07) is 11.9. The molecule has 0 fully saturated rings. The molecule has 0 saturated carbocycles. The molecule has 0 bridgehead atoms. The predicted octanol–water partition coefficient (Wildman–Crippen LogP) is 4.48. The van der Waals surface area contributed by atoms with Crippen molar-refractivity contribution < 1.29 is 28.7 Å². The van der Waals surface area contributed by atoms with E-state index >= 15 is 0 Å². The summed E-state index contributed by atoms with van der Waals surface area (Å²) in [6.45, 7) is 3.60. The van der Waals surface area contributed by atoms with E-state index in [0.717, 1.165) is 16.5 Å². The molecule has 33 heavy (non-hydrogen) atoms. The number of aryl methyl sites for hydroxylation is 1. The van der Waals surface area contributed by atoms with Crippen LogP contribution in [0.2, 0.25) is 0 Å². The van der Waals surface area contributed by atoms with Crippen LogP contribution >= 0.6 is 15.9 Å². The minimum atomic E-state index is -0.553. The van der Waals surface area contributed by atoms with Crippen molar-refractivity contribution in [1.82, 2.24) is 0 Å². The molecule has 2 aromatic carbocycles. The molecule has 0 radical (unpaired) electrons. The molecule has 0 unspecified atom stereocenters. The topological polar surface area (TPSA) is 111 Å². The quantitative estimate of drug-likeness (QED) is 0.424. The van der Waals surface area contributed by atoms with Crippen molar-refractivity contribution in [3.8, 4) is 0 Å². The average Bonchev–Trinajstić information content (AvgIpc) is 2.79. The molecule has 0 saturated heterocycles. The van der Waals surface area contributed by atoms with Gasteiger partial charge >= 0.3 is 11.9 Å². The van der Waals surface area contributed by atoms with Gasteiger partial charge in [0.2, 0.25) is 5.91 Å². The van der Waals surface area contributed by atoms with Crippen LogP contribution in [-0.4, -0.2) is 37.0 Å². The van der Waals surface area contributed by atoms with Crippen molar-refractivity contribution in [3.63, 3.8) is 0 Å². The van der Waals surface area contributed by atoms with Gasteiger partial charge in [0.15, 0.2) is 6.61 Å². The molecular formula is C24H27BrN2O6. The maximum Gasteiger partial charge on any atom is 0.338 e.